The smallest absolute Gasteiger partial charge is 0.203 e. The number of rotatable bonds is 12. The number of nitrogens with zero attached hydrogens (tertiary/aromatic N) is 3. The van der Waals surface area contributed by atoms with Crippen molar-refractivity contribution < 1.29 is 28.4 Å². The highest BCUT2D eigenvalue weighted by molar-refractivity contribution is 5.55. The van der Waals surface area contributed by atoms with Crippen molar-refractivity contribution in [3.8, 4) is 34.5 Å². The molecule has 1 aliphatic rings. The Morgan fingerprint density at radius 2 is 1.00 bits per heavy atom. The SMILES string of the molecule is COc1cc(CN2CCCN(Cc3cc(OC)c(OC)c(OC)c3)C2c2ccc(N(C)C)cc2)cc(OC)c1OC. The van der Waals surface area contributed by atoms with Crippen LogP contribution in [0.5, 0.6) is 34.5 Å². The molecule has 0 saturated carbocycles. The monoisotopic (exact) mass is 565 g/mol. The Kier molecular flexibility index (Phi) is 10.1. The van der Waals surface area contributed by atoms with Crippen molar-refractivity contribution in [2.24, 2.45) is 0 Å². The van der Waals surface area contributed by atoms with E-state index in [1.54, 1.807) is 42.7 Å². The number of hydrogen-bond donors (Lipinski definition) is 0. The molecule has 0 bridgehead atoms. The second-order valence-corrected chi connectivity index (χ2v) is 10.2. The van der Waals surface area contributed by atoms with E-state index in [0.29, 0.717) is 47.6 Å². The molecule has 3 aromatic rings. The van der Waals surface area contributed by atoms with Crippen LogP contribution in [0, 0.1) is 0 Å². The zero-order chi connectivity index (χ0) is 29.5. The zero-order valence-corrected chi connectivity index (χ0v) is 25.5. The summed E-state index contributed by atoms with van der Waals surface area (Å²) >= 11 is 0. The van der Waals surface area contributed by atoms with E-state index in [0.717, 1.165) is 36.3 Å². The van der Waals surface area contributed by atoms with Gasteiger partial charge in [-0.05, 0) is 59.5 Å². The number of ether oxygens (including phenoxy) is 6. The van der Waals surface area contributed by atoms with Crippen LogP contribution in [0.1, 0.15) is 29.3 Å². The molecule has 41 heavy (non-hydrogen) atoms. The maximum Gasteiger partial charge on any atom is 0.203 e. The van der Waals surface area contributed by atoms with E-state index in [4.69, 9.17) is 28.4 Å². The van der Waals surface area contributed by atoms with Crippen molar-refractivity contribution in [3.63, 3.8) is 0 Å². The van der Waals surface area contributed by atoms with E-state index < -0.39 is 0 Å². The Morgan fingerprint density at radius 1 is 0.610 bits per heavy atom. The van der Waals surface area contributed by atoms with Gasteiger partial charge in [0.05, 0.1) is 48.8 Å². The maximum atomic E-state index is 5.65. The summed E-state index contributed by atoms with van der Waals surface area (Å²) in [7, 11) is 14.0. The third-order valence-electron chi connectivity index (χ3n) is 7.51. The number of methoxy groups -OCH3 is 6. The van der Waals surface area contributed by atoms with Gasteiger partial charge < -0.3 is 33.3 Å². The third kappa shape index (κ3) is 6.57. The summed E-state index contributed by atoms with van der Waals surface area (Å²) in [4.78, 5) is 7.13. The minimum absolute atomic E-state index is 0.0399. The second kappa shape index (κ2) is 13.7. The number of hydrogen-bond acceptors (Lipinski definition) is 9. The highest BCUT2D eigenvalue weighted by Crippen LogP contribution is 2.42. The molecule has 1 heterocycles. The first kappa shape index (κ1) is 30.1. The van der Waals surface area contributed by atoms with Gasteiger partial charge in [0.2, 0.25) is 11.5 Å². The van der Waals surface area contributed by atoms with Crippen molar-refractivity contribution in [1.82, 2.24) is 9.80 Å². The van der Waals surface area contributed by atoms with Crippen molar-refractivity contribution in [1.29, 1.82) is 0 Å². The topological polar surface area (TPSA) is 65.1 Å². The second-order valence-electron chi connectivity index (χ2n) is 10.2. The molecule has 1 aliphatic heterocycles. The van der Waals surface area contributed by atoms with Gasteiger partial charge in [-0.25, -0.2) is 0 Å². The summed E-state index contributed by atoms with van der Waals surface area (Å²) in [5, 5.41) is 0. The summed E-state index contributed by atoms with van der Waals surface area (Å²) in [6.07, 6.45) is 1.07. The number of anilines is 1. The summed E-state index contributed by atoms with van der Waals surface area (Å²) in [6.45, 7) is 3.32. The lowest BCUT2D eigenvalue weighted by Gasteiger charge is -2.44. The lowest BCUT2D eigenvalue weighted by atomic mass is 10.0. The molecular formula is C32H43N3O6. The fourth-order valence-electron chi connectivity index (χ4n) is 5.57. The van der Waals surface area contributed by atoms with Gasteiger partial charge in [-0.3, -0.25) is 9.80 Å². The van der Waals surface area contributed by atoms with Gasteiger partial charge in [0.15, 0.2) is 23.0 Å². The van der Waals surface area contributed by atoms with Crippen LogP contribution in [0.15, 0.2) is 48.5 Å². The summed E-state index contributed by atoms with van der Waals surface area (Å²) in [6, 6.07) is 17.0. The fourth-order valence-corrected chi connectivity index (χ4v) is 5.57. The molecule has 0 unspecified atom stereocenters. The predicted molar refractivity (Wildman–Crippen MR) is 161 cm³/mol. The third-order valence-corrected chi connectivity index (χ3v) is 7.51. The highest BCUT2D eigenvalue weighted by Gasteiger charge is 2.32. The molecule has 0 aromatic heterocycles. The lowest BCUT2D eigenvalue weighted by Crippen LogP contribution is -2.46. The minimum Gasteiger partial charge on any atom is -0.493 e. The van der Waals surface area contributed by atoms with Crippen molar-refractivity contribution in [2.45, 2.75) is 25.7 Å². The summed E-state index contributed by atoms with van der Waals surface area (Å²) in [5.74, 6) is 3.80. The molecule has 9 heteroatoms. The molecule has 0 atom stereocenters. The van der Waals surface area contributed by atoms with E-state index in [1.165, 1.54) is 5.56 Å². The largest absolute Gasteiger partial charge is 0.493 e. The maximum absolute atomic E-state index is 5.65. The van der Waals surface area contributed by atoms with Crippen molar-refractivity contribution in [2.75, 3.05) is 74.7 Å². The Bertz CT molecular complexity index is 1170. The zero-order valence-electron chi connectivity index (χ0n) is 25.5. The van der Waals surface area contributed by atoms with E-state index in [9.17, 15) is 0 Å². The van der Waals surface area contributed by atoms with Crippen molar-refractivity contribution in [3.05, 3.63) is 65.2 Å². The lowest BCUT2D eigenvalue weighted by molar-refractivity contribution is -0.00920. The first-order chi connectivity index (χ1) is 19.9. The van der Waals surface area contributed by atoms with E-state index in [-0.39, 0.29) is 6.17 Å². The predicted octanol–water partition coefficient (Wildman–Crippen LogP) is 5.21. The van der Waals surface area contributed by atoms with Gasteiger partial charge in [-0.1, -0.05) is 12.1 Å². The molecule has 0 spiro atoms. The first-order valence-corrected chi connectivity index (χ1v) is 13.7. The minimum atomic E-state index is 0.0399. The van der Waals surface area contributed by atoms with Gasteiger partial charge in [0.25, 0.3) is 0 Å². The fraction of sp³-hybridized carbons (Fsp3) is 0.438. The molecule has 4 rings (SSSR count). The van der Waals surface area contributed by atoms with Crippen LogP contribution in [0.3, 0.4) is 0 Å². The average molecular weight is 566 g/mol. The van der Waals surface area contributed by atoms with Crippen LogP contribution in [0.4, 0.5) is 5.69 Å². The van der Waals surface area contributed by atoms with Crippen molar-refractivity contribution >= 4 is 5.69 Å². The Balaban J connectivity index is 1.73. The molecule has 0 N–H and O–H groups in total. The van der Waals surface area contributed by atoms with E-state index in [2.05, 4.69) is 53.1 Å². The Hall–Kier alpha value is -3.82. The van der Waals surface area contributed by atoms with Crippen LogP contribution in [-0.4, -0.2) is 79.6 Å². The Labute approximate surface area is 244 Å². The van der Waals surface area contributed by atoms with Gasteiger partial charge in [0.1, 0.15) is 0 Å². The standard InChI is InChI=1S/C32H43N3O6/c1-33(2)25-12-10-24(11-13-25)32-34(20-22-16-26(36-3)30(40-7)27(17-22)37-4)14-9-15-35(32)21-23-18-28(38-5)31(41-8)29(19-23)39-6/h10-13,16-19,32H,9,14-15,20-21H2,1-8H3. The molecule has 0 amide bonds. The normalized spacial score (nSPS) is 14.4. The van der Waals surface area contributed by atoms with Crippen LogP contribution in [0.2, 0.25) is 0 Å². The molecule has 1 saturated heterocycles. The molecule has 222 valence electrons. The highest BCUT2D eigenvalue weighted by atomic mass is 16.5. The van der Waals surface area contributed by atoms with Gasteiger partial charge >= 0.3 is 0 Å². The molecule has 9 nitrogen and oxygen atoms in total. The molecule has 1 fully saturated rings. The Morgan fingerprint density at radius 3 is 1.32 bits per heavy atom. The van der Waals surface area contributed by atoms with Crippen LogP contribution < -0.4 is 33.3 Å². The summed E-state index contributed by atoms with van der Waals surface area (Å²) in [5.41, 5.74) is 4.57. The van der Waals surface area contributed by atoms with Crippen LogP contribution in [-0.2, 0) is 13.1 Å². The van der Waals surface area contributed by atoms with Crippen LogP contribution in [0.25, 0.3) is 0 Å². The van der Waals surface area contributed by atoms with E-state index >= 15 is 0 Å². The number of benzene rings is 3. The molecule has 0 radical (unpaired) electrons. The molecule has 3 aromatic carbocycles. The summed E-state index contributed by atoms with van der Waals surface area (Å²) < 4.78 is 33.7. The molecular weight excluding hydrogens is 522 g/mol. The van der Waals surface area contributed by atoms with E-state index in [1.807, 2.05) is 24.3 Å². The van der Waals surface area contributed by atoms with Crippen LogP contribution >= 0.6 is 0 Å². The first-order valence-electron chi connectivity index (χ1n) is 13.7. The van der Waals surface area contributed by atoms with Gasteiger partial charge in [-0.15, -0.1) is 0 Å². The molecule has 0 aliphatic carbocycles. The average Bonchev–Trinajstić information content (AvgIpc) is 3.00. The van der Waals surface area contributed by atoms with Gasteiger partial charge in [-0.2, -0.15) is 0 Å². The van der Waals surface area contributed by atoms with Gasteiger partial charge in [0, 0.05) is 46.0 Å². The quantitative estimate of drug-likeness (QED) is 0.294.